The highest BCUT2D eigenvalue weighted by molar-refractivity contribution is 5.44. The highest BCUT2D eigenvalue weighted by Gasteiger charge is 2.18. The first kappa shape index (κ1) is 19.7. The molecule has 6 heteroatoms. The molecule has 3 rings (SSSR count). The quantitative estimate of drug-likeness (QED) is 0.687. The van der Waals surface area contributed by atoms with Gasteiger partial charge in [0.25, 0.3) is 0 Å². The van der Waals surface area contributed by atoms with Gasteiger partial charge in [-0.15, -0.1) is 0 Å². The zero-order valence-corrected chi connectivity index (χ0v) is 16.3. The lowest BCUT2D eigenvalue weighted by Gasteiger charge is -2.24. The average molecular weight is 375 g/mol. The highest BCUT2D eigenvalue weighted by Crippen LogP contribution is 2.33. The van der Waals surface area contributed by atoms with Gasteiger partial charge in [0.15, 0.2) is 11.5 Å². The Morgan fingerprint density at radius 3 is 2.63 bits per heavy atom. The Balaban J connectivity index is 1.63. The van der Waals surface area contributed by atoms with Gasteiger partial charge in [-0.1, -0.05) is 19.9 Å². The molecule has 0 spiro atoms. The van der Waals surface area contributed by atoms with Crippen LogP contribution in [0.1, 0.15) is 30.9 Å². The summed E-state index contributed by atoms with van der Waals surface area (Å²) in [4.78, 5) is 2.15. The Kier molecular flexibility index (Phi) is 6.77. The molecule has 1 N–H and O–H groups in total. The van der Waals surface area contributed by atoms with E-state index in [4.69, 9.17) is 18.6 Å². The van der Waals surface area contributed by atoms with Crippen molar-refractivity contribution in [3.05, 3.63) is 47.4 Å². The average Bonchev–Trinajstić information content (AvgIpc) is 3.22. The maximum Gasteiger partial charge on any atom is 0.231 e. The van der Waals surface area contributed by atoms with E-state index in [0.717, 1.165) is 28.6 Å². The zero-order chi connectivity index (χ0) is 19.2. The minimum Gasteiger partial charge on any atom is -0.465 e. The fourth-order valence-corrected chi connectivity index (χ4v) is 3.06. The third-order valence-corrected chi connectivity index (χ3v) is 4.25. The van der Waals surface area contributed by atoms with E-state index in [2.05, 4.69) is 18.7 Å². The molecule has 1 aliphatic rings. The van der Waals surface area contributed by atoms with Gasteiger partial charge in [0.1, 0.15) is 11.5 Å². The van der Waals surface area contributed by atoms with E-state index in [-0.39, 0.29) is 6.79 Å². The number of hydrogen-bond acceptors (Lipinski definition) is 6. The van der Waals surface area contributed by atoms with Crippen LogP contribution in [-0.4, -0.2) is 42.7 Å². The summed E-state index contributed by atoms with van der Waals surface area (Å²) in [5, 5.41) is 10.4. The number of ether oxygens (including phenoxy) is 3. The predicted octanol–water partition coefficient (Wildman–Crippen LogP) is 3.35. The van der Waals surface area contributed by atoms with E-state index in [1.807, 2.05) is 37.3 Å². The molecule has 27 heavy (non-hydrogen) atoms. The first-order valence-electron chi connectivity index (χ1n) is 9.41. The van der Waals surface area contributed by atoms with Crippen LogP contribution < -0.4 is 9.47 Å². The summed E-state index contributed by atoms with van der Waals surface area (Å²) < 4.78 is 22.2. The molecular weight excluding hydrogens is 346 g/mol. The van der Waals surface area contributed by atoms with Gasteiger partial charge < -0.3 is 23.7 Å². The second-order valence-corrected chi connectivity index (χ2v) is 7.45. The summed E-state index contributed by atoms with van der Waals surface area (Å²) in [6.45, 7) is 9.13. The summed E-state index contributed by atoms with van der Waals surface area (Å²) in [5.74, 6) is 3.75. The molecule has 0 bridgehead atoms. The molecule has 2 heterocycles. The minimum atomic E-state index is -0.561. The highest BCUT2D eigenvalue weighted by atomic mass is 16.7. The van der Waals surface area contributed by atoms with E-state index in [1.54, 1.807) is 0 Å². The number of aliphatic hydroxyl groups excluding tert-OH is 1. The number of fused-ring (bicyclic) bond motifs is 1. The number of rotatable bonds is 10. The standard InChI is InChI=1S/C21H29NO5/c1-15(2)12-24-13-18(23)10-22(11-19-6-4-16(3)27-19)9-17-5-7-20-21(8-17)26-14-25-20/h4-8,15,18,23H,9-14H2,1-3H3/t18-/m1/s1. The molecule has 0 saturated heterocycles. The predicted molar refractivity (Wildman–Crippen MR) is 102 cm³/mol. The van der Waals surface area contributed by atoms with E-state index < -0.39 is 6.10 Å². The van der Waals surface area contributed by atoms with Crippen molar-refractivity contribution in [3.8, 4) is 11.5 Å². The lowest BCUT2D eigenvalue weighted by molar-refractivity contribution is 0.00457. The van der Waals surface area contributed by atoms with Crippen molar-refractivity contribution in [2.75, 3.05) is 26.6 Å². The normalized spacial score (nSPS) is 14.3. The van der Waals surface area contributed by atoms with Gasteiger partial charge in [-0.2, -0.15) is 0 Å². The first-order chi connectivity index (χ1) is 13.0. The summed E-state index contributed by atoms with van der Waals surface area (Å²) >= 11 is 0. The van der Waals surface area contributed by atoms with Crippen molar-refractivity contribution < 1.29 is 23.7 Å². The van der Waals surface area contributed by atoms with E-state index in [1.165, 1.54) is 0 Å². The van der Waals surface area contributed by atoms with Gasteiger partial charge in [0, 0.05) is 19.7 Å². The van der Waals surface area contributed by atoms with E-state index >= 15 is 0 Å². The van der Waals surface area contributed by atoms with Gasteiger partial charge in [-0.3, -0.25) is 4.90 Å². The van der Waals surface area contributed by atoms with Gasteiger partial charge in [-0.25, -0.2) is 0 Å². The van der Waals surface area contributed by atoms with Crippen molar-refractivity contribution in [2.24, 2.45) is 5.92 Å². The molecule has 1 aliphatic heterocycles. The largest absolute Gasteiger partial charge is 0.465 e. The molecule has 0 radical (unpaired) electrons. The van der Waals surface area contributed by atoms with Gasteiger partial charge in [-0.05, 0) is 42.7 Å². The Hall–Kier alpha value is -2.02. The molecule has 0 aliphatic carbocycles. The molecule has 1 aromatic carbocycles. The Bertz CT molecular complexity index is 727. The lowest BCUT2D eigenvalue weighted by atomic mass is 10.1. The molecule has 0 fully saturated rings. The van der Waals surface area contributed by atoms with Crippen LogP contribution in [0.5, 0.6) is 11.5 Å². The Morgan fingerprint density at radius 1 is 1.07 bits per heavy atom. The van der Waals surface area contributed by atoms with Crippen molar-refractivity contribution in [3.63, 3.8) is 0 Å². The molecule has 6 nitrogen and oxygen atoms in total. The molecule has 0 amide bonds. The van der Waals surface area contributed by atoms with Crippen LogP contribution in [0.2, 0.25) is 0 Å². The van der Waals surface area contributed by atoms with Crippen LogP contribution in [0.25, 0.3) is 0 Å². The van der Waals surface area contributed by atoms with Crippen LogP contribution in [0, 0.1) is 12.8 Å². The summed E-state index contributed by atoms with van der Waals surface area (Å²) in [6.07, 6.45) is -0.561. The monoisotopic (exact) mass is 375 g/mol. The van der Waals surface area contributed by atoms with Crippen LogP contribution in [-0.2, 0) is 17.8 Å². The number of nitrogens with zero attached hydrogens (tertiary/aromatic N) is 1. The third kappa shape index (κ3) is 5.99. The third-order valence-electron chi connectivity index (χ3n) is 4.25. The summed E-state index contributed by atoms with van der Waals surface area (Å²) in [6, 6.07) is 9.87. The SMILES string of the molecule is Cc1ccc(CN(Cc2ccc3c(c2)OCO3)C[C@@H](O)COCC(C)C)o1. The second kappa shape index (κ2) is 9.26. The Labute approximate surface area is 160 Å². The summed E-state index contributed by atoms with van der Waals surface area (Å²) in [7, 11) is 0. The lowest BCUT2D eigenvalue weighted by Crippen LogP contribution is -2.34. The van der Waals surface area contributed by atoms with Crippen molar-refractivity contribution in [1.29, 1.82) is 0 Å². The van der Waals surface area contributed by atoms with Crippen molar-refractivity contribution in [2.45, 2.75) is 40.0 Å². The topological polar surface area (TPSA) is 64.3 Å². The molecule has 1 aromatic heterocycles. The van der Waals surface area contributed by atoms with Crippen LogP contribution in [0.4, 0.5) is 0 Å². The van der Waals surface area contributed by atoms with Crippen LogP contribution in [0.15, 0.2) is 34.7 Å². The van der Waals surface area contributed by atoms with Crippen molar-refractivity contribution in [1.82, 2.24) is 4.90 Å². The van der Waals surface area contributed by atoms with Gasteiger partial charge >= 0.3 is 0 Å². The minimum absolute atomic E-state index is 0.264. The number of furan rings is 1. The number of aliphatic hydroxyl groups is 1. The number of benzene rings is 1. The fraction of sp³-hybridized carbons (Fsp3) is 0.524. The molecule has 148 valence electrons. The van der Waals surface area contributed by atoms with Crippen molar-refractivity contribution >= 4 is 0 Å². The first-order valence-corrected chi connectivity index (χ1v) is 9.41. The van der Waals surface area contributed by atoms with Crippen LogP contribution in [0.3, 0.4) is 0 Å². The zero-order valence-electron chi connectivity index (χ0n) is 16.3. The maximum absolute atomic E-state index is 10.4. The fourth-order valence-electron chi connectivity index (χ4n) is 3.06. The number of hydrogen-bond donors (Lipinski definition) is 1. The van der Waals surface area contributed by atoms with E-state index in [9.17, 15) is 5.11 Å². The molecule has 1 atom stereocenters. The second-order valence-electron chi connectivity index (χ2n) is 7.45. The molecule has 2 aromatic rings. The van der Waals surface area contributed by atoms with E-state index in [0.29, 0.717) is 38.8 Å². The molecule has 0 unspecified atom stereocenters. The van der Waals surface area contributed by atoms with Gasteiger partial charge in [0.05, 0.1) is 19.3 Å². The maximum atomic E-state index is 10.4. The molecule has 0 saturated carbocycles. The molecular formula is C21H29NO5. The van der Waals surface area contributed by atoms with Gasteiger partial charge in [0.2, 0.25) is 6.79 Å². The Morgan fingerprint density at radius 2 is 1.89 bits per heavy atom. The van der Waals surface area contributed by atoms with Crippen LogP contribution >= 0.6 is 0 Å². The smallest absolute Gasteiger partial charge is 0.231 e. The number of aryl methyl sites for hydroxylation is 1. The summed E-state index contributed by atoms with van der Waals surface area (Å²) in [5.41, 5.74) is 1.10.